The van der Waals surface area contributed by atoms with Crippen LogP contribution in [0, 0.1) is 0 Å². The lowest BCUT2D eigenvalue weighted by atomic mass is 10.0. The molecule has 0 heterocycles. The molecule has 0 saturated heterocycles. The van der Waals surface area contributed by atoms with E-state index in [0.29, 0.717) is 6.04 Å². The van der Waals surface area contributed by atoms with E-state index in [9.17, 15) is 0 Å². The number of hydrogen-bond acceptors (Lipinski definition) is 1. The van der Waals surface area contributed by atoms with Crippen molar-refractivity contribution in [3.05, 3.63) is 35.4 Å². The molecule has 2 rings (SSSR count). The smallest absolute Gasteiger partial charge is 0.00136 e. The highest BCUT2D eigenvalue weighted by atomic mass is 14.6. The van der Waals surface area contributed by atoms with E-state index >= 15 is 0 Å². The standard InChI is InChI=1S/C13H19N/c1-10(14)5-6-11-3-2-4-13(9-11)12-7-8-12/h2-4,9-10,12H,5-8,14H2,1H3. The van der Waals surface area contributed by atoms with Crippen LogP contribution in [0.5, 0.6) is 0 Å². The molecule has 1 nitrogen and oxygen atoms in total. The molecule has 14 heavy (non-hydrogen) atoms. The molecule has 1 fully saturated rings. The Labute approximate surface area is 86.3 Å². The monoisotopic (exact) mass is 189 g/mol. The fourth-order valence-electron chi connectivity index (χ4n) is 1.81. The molecular formula is C13H19N. The van der Waals surface area contributed by atoms with Crippen LogP contribution < -0.4 is 5.73 Å². The Morgan fingerprint density at radius 1 is 1.43 bits per heavy atom. The Kier molecular flexibility index (Phi) is 2.87. The first-order chi connectivity index (χ1) is 6.75. The van der Waals surface area contributed by atoms with Crippen molar-refractivity contribution < 1.29 is 0 Å². The van der Waals surface area contributed by atoms with Crippen LogP contribution in [0.1, 0.15) is 43.2 Å². The maximum atomic E-state index is 5.75. The molecule has 0 amide bonds. The van der Waals surface area contributed by atoms with Gasteiger partial charge in [0.05, 0.1) is 0 Å². The molecule has 1 aliphatic carbocycles. The quantitative estimate of drug-likeness (QED) is 0.774. The Morgan fingerprint density at radius 3 is 2.86 bits per heavy atom. The maximum absolute atomic E-state index is 5.75. The van der Waals surface area contributed by atoms with Crippen molar-refractivity contribution >= 4 is 0 Å². The van der Waals surface area contributed by atoms with Gasteiger partial charge in [0.25, 0.3) is 0 Å². The fraction of sp³-hybridized carbons (Fsp3) is 0.538. The summed E-state index contributed by atoms with van der Waals surface area (Å²) in [7, 11) is 0. The van der Waals surface area contributed by atoms with Crippen LogP contribution in [0.3, 0.4) is 0 Å². The third-order valence-electron chi connectivity index (χ3n) is 2.89. The van der Waals surface area contributed by atoms with Crippen molar-refractivity contribution in [2.45, 2.75) is 44.6 Å². The molecule has 1 aliphatic rings. The highest BCUT2D eigenvalue weighted by molar-refractivity contribution is 5.29. The van der Waals surface area contributed by atoms with E-state index in [4.69, 9.17) is 5.73 Å². The number of aryl methyl sites for hydroxylation is 1. The molecule has 1 aromatic carbocycles. The highest BCUT2D eigenvalue weighted by Crippen LogP contribution is 2.40. The summed E-state index contributed by atoms with van der Waals surface area (Å²) in [6.45, 7) is 2.07. The molecule has 0 aliphatic heterocycles. The molecule has 1 heteroatoms. The summed E-state index contributed by atoms with van der Waals surface area (Å²) in [5.41, 5.74) is 8.74. The average molecular weight is 189 g/mol. The summed E-state index contributed by atoms with van der Waals surface area (Å²) in [4.78, 5) is 0. The molecule has 0 aromatic heterocycles. The lowest BCUT2D eigenvalue weighted by Gasteiger charge is -2.06. The summed E-state index contributed by atoms with van der Waals surface area (Å²) in [6.07, 6.45) is 4.99. The summed E-state index contributed by atoms with van der Waals surface area (Å²) in [5.74, 6) is 0.866. The predicted octanol–water partition coefficient (Wildman–Crippen LogP) is 2.84. The van der Waals surface area contributed by atoms with Crippen LogP contribution in [0.2, 0.25) is 0 Å². The van der Waals surface area contributed by atoms with Gasteiger partial charge in [-0.3, -0.25) is 0 Å². The maximum Gasteiger partial charge on any atom is 0.00136 e. The third kappa shape index (κ3) is 2.58. The van der Waals surface area contributed by atoms with Gasteiger partial charge < -0.3 is 5.73 Å². The van der Waals surface area contributed by atoms with E-state index in [1.165, 1.54) is 24.0 Å². The van der Waals surface area contributed by atoms with Gasteiger partial charge in [-0.05, 0) is 49.7 Å². The number of hydrogen-bond donors (Lipinski definition) is 1. The third-order valence-corrected chi connectivity index (χ3v) is 2.89. The molecule has 1 saturated carbocycles. The normalized spacial score (nSPS) is 18.1. The molecule has 1 aromatic rings. The van der Waals surface area contributed by atoms with Crippen LogP contribution in [0.4, 0.5) is 0 Å². The zero-order chi connectivity index (χ0) is 9.97. The van der Waals surface area contributed by atoms with Crippen molar-refractivity contribution in [3.8, 4) is 0 Å². The summed E-state index contributed by atoms with van der Waals surface area (Å²) >= 11 is 0. The molecular weight excluding hydrogens is 170 g/mol. The van der Waals surface area contributed by atoms with Gasteiger partial charge in [0.15, 0.2) is 0 Å². The van der Waals surface area contributed by atoms with E-state index in [2.05, 4.69) is 31.2 Å². The van der Waals surface area contributed by atoms with E-state index in [1.54, 1.807) is 0 Å². The first-order valence-electron chi connectivity index (χ1n) is 5.60. The Hall–Kier alpha value is -0.820. The van der Waals surface area contributed by atoms with Crippen molar-refractivity contribution in [1.29, 1.82) is 0 Å². The van der Waals surface area contributed by atoms with Crippen LogP contribution in [-0.4, -0.2) is 6.04 Å². The summed E-state index contributed by atoms with van der Waals surface area (Å²) in [6, 6.07) is 9.34. The van der Waals surface area contributed by atoms with E-state index in [0.717, 1.165) is 18.8 Å². The molecule has 0 spiro atoms. The largest absolute Gasteiger partial charge is 0.328 e. The zero-order valence-electron chi connectivity index (χ0n) is 8.87. The van der Waals surface area contributed by atoms with Crippen LogP contribution in [0.25, 0.3) is 0 Å². The number of nitrogens with two attached hydrogens (primary N) is 1. The van der Waals surface area contributed by atoms with Gasteiger partial charge in [0.1, 0.15) is 0 Å². The first kappa shape index (κ1) is 9.72. The molecule has 2 N–H and O–H groups in total. The van der Waals surface area contributed by atoms with Crippen molar-refractivity contribution in [2.75, 3.05) is 0 Å². The van der Waals surface area contributed by atoms with Gasteiger partial charge in [-0.1, -0.05) is 24.3 Å². The summed E-state index contributed by atoms with van der Waals surface area (Å²) < 4.78 is 0. The highest BCUT2D eigenvalue weighted by Gasteiger charge is 2.23. The SMILES string of the molecule is CC(N)CCc1cccc(C2CC2)c1. The van der Waals surface area contributed by atoms with E-state index in [1.807, 2.05) is 0 Å². The number of rotatable bonds is 4. The fourth-order valence-corrected chi connectivity index (χ4v) is 1.81. The minimum atomic E-state index is 0.319. The van der Waals surface area contributed by atoms with Crippen molar-refractivity contribution in [1.82, 2.24) is 0 Å². The molecule has 76 valence electrons. The molecule has 1 unspecified atom stereocenters. The van der Waals surface area contributed by atoms with Gasteiger partial charge in [-0.15, -0.1) is 0 Å². The van der Waals surface area contributed by atoms with Gasteiger partial charge in [0.2, 0.25) is 0 Å². The lowest BCUT2D eigenvalue weighted by Crippen LogP contribution is -2.15. The van der Waals surface area contributed by atoms with Crippen LogP contribution in [-0.2, 0) is 6.42 Å². The first-order valence-corrected chi connectivity index (χ1v) is 5.60. The van der Waals surface area contributed by atoms with Gasteiger partial charge in [-0.25, -0.2) is 0 Å². The van der Waals surface area contributed by atoms with Gasteiger partial charge in [0, 0.05) is 6.04 Å². The van der Waals surface area contributed by atoms with E-state index in [-0.39, 0.29) is 0 Å². The Morgan fingerprint density at radius 2 is 2.21 bits per heavy atom. The molecule has 0 radical (unpaired) electrons. The topological polar surface area (TPSA) is 26.0 Å². The minimum absolute atomic E-state index is 0.319. The predicted molar refractivity (Wildman–Crippen MR) is 60.4 cm³/mol. The van der Waals surface area contributed by atoms with Crippen molar-refractivity contribution in [2.24, 2.45) is 5.73 Å². The zero-order valence-corrected chi connectivity index (χ0v) is 8.87. The van der Waals surface area contributed by atoms with Crippen LogP contribution in [0.15, 0.2) is 24.3 Å². The second-order valence-corrected chi connectivity index (χ2v) is 4.54. The molecule has 0 bridgehead atoms. The minimum Gasteiger partial charge on any atom is -0.328 e. The molecule has 1 atom stereocenters. The van der Waals surface area contributed by atoms with Crippen molar-refractivity contribution in [3.63, 3.8) is 0 Å². The van der Waals surface area contributed by atoms with Gasteiger partial charge >= 0.3 is 0 Å². The van der Waals surface area contributed by atoms with Crippen LogP contribution >= 0.6 is 0 Å². The Bertz CT molecular complexity index is 300. The van der Waals surface area contributed by atoms with E-state index < -0.39 is 0 Å². The number of benzene rings is 1. The second kappa shape index (κ2) is 4.14. The van der Waals surface area contributed by atoms with Gasteiger partial charge in [-0.2, -0.15) is 0 Å². The average Bonchev–Trinajstić information content (AvgIpc) is 2.98. The lowest BCUT2D eigenvalue weighted by molar-refractivity contribution is 0.666. The Balaban J connectivity index is 1.99. The second-order valence-electron chi connectivity index (χ2n) is 4.54. The summed E-state index contributed by atoms with van der Waals surface area (Å²) in [5, 5.41) is 0.